The molecule has 0 radical (unpaired) electrons. The van der Waals surface area contributed by atoms with Crippen molar-refractivity contribution in [3.8, 4) is 11.8 Å². The molecule has 1 atom stereocenters. The Labute approximate surface area is 172 Å². The molecule has 1 aliphatic heterocycles. The summed E-state index contributed by atoms with van der Waals surface area (Å²) in [5.74, 6) is 1.39. The number of halogens is 1. The quantitative estimate of drug-likeness (QED) is 0.529. The first kappa shape index (κ1) is 18.1. The number of nitrogens with two attached hydrogens (primary N) is 1. The van der Waals surface area contributed by atoms with E-state index in [2.05, 4.69) is 26.8 Å². The molecule has 1 unspecified atom stereocenters. The number of H-pyrrole nitrogens is 1. The maximum absolute atomic E-state index is 6.64. The number of aromatic amines is 1. The number of nitrogens with zero attached hydrogens (tertiary/aromatic N) is 4. The average molecular weight is 409 g/mol. The summed E-state index contributed by atoms with van der Waals surface area (Å²) in [5.41, 5.74) is 8.59. The smallest absolute Gasteiger partial charge is 0.325 e. The molecule has 148 valence electrons. The molecule has 0 aliphatic carbocycles. The fourth-order valence-electron chi connectivity index (χ4n) is 3.78. The Morgan fingerprint density at radius 3 is 3.00 bits per heavy atom. The molecule has 3 N–H and O–H groups in total. The number of benzene rings is 1. The fourth-order valence-corrected chi connectivity index (χ4v) is 4.14. The third-order valence-electron chi connectivity index (χ3n) is 5.29. The summed E-state index contributed by atoms with van der Waals surface area (Å²) in [6.45, 7) is 3.61. The van der Waals surface area contributed by atoms with E-state index in [-0.39, 0.29) is 12.1 Å². The summed E-state index contributed by atoms with van der Waals surface area (Å²) in [6, 6.07) is 10.1. The molecule has 3 aromatic heterocycles. The Bertz CT molecular complexity index is 1210. The van der Waals surface area contributed by atoms with Gasteiger partial charge in [-0.15, -0.1) is 0 Å². The molecule has 7 nitrogen and oxygen atoms in total. The zero-order valence-corrected chi connectivity index (χ0v) is 16.8. The van der Waals surface area contributed by atoms with Gasteiger partial charge in [0.2, 0.25) is 0 Å². The number of aryl methyl sites for hydroxylation is 1. The molecule has 1 aliphatic rings. The van der Waals surface area contributed by atoms with Gasteiger partial charge in [-0.2, -0.15) is 9.97 Å². The number of rotatable bonds is 4. The second kappa shape index (κ2) is 7.17. The zero-order chi connectivity index (χ0) is 20.0. The van der Waals surface area contributed by atoms with E-state index in [1.165, 1.54) is 0 Å². The lowest BCUT2D eigenvalue weighted by Gasteiger charge is -2.18. The first-order chi connectivity index (χ1) is 14.1. The van der Waals surface area contributed by atoms with Crippen molar-refractivity contribution in [2.45, 2.75) is 25.8 Å². The molecule has 1 aromatic carbocycles. The normalized spacial score (nSPS) is 16.8. The molecule has 4 aromatic rings. The van der Waals surface area contributed by atoms with Gasteiger partial charge >= 0.3 is 6.01 Å². The molecule has 0 saturated carbocycles. The minimum atomic E-state index is 0.124. The Kier molecular flexibility index (Phi) is 4.49. The molecule has 0 spiro atoms. The van der Waals surface area contributed by atoms with Gasteiger partial charge < -0.3 is 20.4 Å². The number of pyridine rings is 1. The van der Waals surface area contributed by atoms with E-state index in [0.717, 1.165) is 53.7 Å². The van der Waals surface area contributed by atoms with Crippen LogP contribution in [0, 0.1) is 0 Å². The van der Waals surface area contributed by atoms with Crippen molar-refractivity contribution in [1.29, 1.82) is 0 Å². The van der Waals surface area contributed by atoms with Crippen molar-refractivity contribution in [2.75, 3.05) is 18.0 Å². The largest absolute Gasteiger partial charge is 0.424 e. The minimum absolute atomic E-state index is 0.124. The highest BCUT2D eigenvalue weighted by Crippen LogP contribution is 2.37. The zero-order valence-electron chi connectivity index (χ0n) is 16.0. The molecule has 8 heteroatoms. The second-order valence-corrected chi connectivity index (χ2v) is 7.66. The standard InChI is InChI=1S/C21H21ClN6O/c1-2-15-18(22)17-19(25-15)26-21(27-20(17)28-9-7-13(23)11-28)29-14-6-5-12-4-3-8-24-16(12)10-14/h3-6,8,10,13H,2,7,9,11,23H2,1H3,(H,25,26,27). The molecule has 0 bridgehead atoms. The first-order valence-corrected chi connectivity index (χ1v) is 10.1. The summed E-state index contributed by atoms with van der Waals surface area (Å²) < 4.78 is 6.02. The van der Waals surface area contributed by atoms with Crippen LogP contribution in [0.25, 0.3) is 21.9 Å². The maximum Gasteiger partial charge on any atom is 0.325 e. The van der Waals surface area contributed by atoms with Gasteiger partial charge in [-0.1, -0.05) is 24.6 Å². The molecule has 1 saturated heterocycles. The van der Waals surface area contributed by atoms with Crippen LogP contribution in [0.5, 0.6) is 11.8 Å². The first-order valence-electron chi connectivity index (χ1n) is 9.73. The highest BCUT2D eigenvalue weighted by atomic mass is 35.5. The Morgan fingerprint density at radius 1 is 1.31 bits per heavy atom. The molecule has 0 amide bonds. The van der Waals surface area contributed by atoms with Crippen LogP contribution in [-0.2, 0) is 6.42 Å². The highest BCUT2D eigenvalue weighted by Gasteiger charge is 2.26. The Morgan fingerprint density at radius 2 is 2.21 bits per heavy atom. The third kappa shape index (κ3) is 3.26. The minimum Gasteiger partial charge on any atom is -0.424 e. The van der Waals surface area contributed by atoms with Crippen molar-refractivity contribution in [3.05, 3.63) is 47.2 Å². The number of anilines is 1. The van der Waals surface area contributed by atoms with Crippen LogP contribution in [0.3, 0.4) is 0 Å². The number of hydrogen-bond acceptors (Lipinski definition) is 6. The van der Waals surface area contributed by atoms with Crippen molar-refractivity contribution >= 4 is 39.4 Å². The number of fused-ring (bicyclic) bond motifs is 2. The van der Waals surface area contributed by atoms with Gasteiger partial charge in [-0.05, 0) is 31.0 Å². The van der Waals surface area contributed by atoms with Gasteiger partial charge in [0.25, 0.3) is 0 Å². The van der Waals surface area contributed by atoms with Crippen molar-refractivity contribution in [1.82, 2.24) is 19.9 Å². The van der Waals surface area contributed by atoms with E-state index in [1.54, 1.807) is 6.20 Å². The van der Waals surface area contributed by atoms with Crippen LogP contribution < -0.4 is 15.4 Å². The van der Waals surface area contributed by atoms with Crippen molar-refractivity contribution in [2.24, 2.45) is 5.73 Å². The lowest BCUT2D eigenvalue weighted by molar-refractivity contribution is 0.444. The molecular weight excluding hydrogens is 388 g/mol. The summed E-state index contributed by atoms with van der Waals surface area (Å²) >= 11 is 6.64. The lowest BCUT2D eigenvalue weighted by Crippen LogP contribution is -2.27. The van der Waals surface area contributed by atoms with E-state index in [0.29, 0.717) is 16.4 Å². The molecule has 4 heterocycles. The molecular formula is C21H21ClN6O. The number of nitrogens with one attached hydrogen (secondary N) is 1. The topological polar surface area (TPSA) is 92.9 Å². The van der Waals surface area contributed by atoms with E-state index >= 15 is 0 Å². The summed E-state index contributed by atoms with van der Waals surface area (Å²) in [5, 5.41) is 2.54. The summed E-state index contributed by atoms with van der Waals surface area (Å²) in [6.07, 6.45) is 3.46. The van der Waals surface area contributed by atoms with Crippen LogP contribution in [-0.4, -0.2) is 39.1 Å². The predicted molar refractivity (Wildman–Crippen MR) is 115 cm³/mol. The van der Waals surface area contributed by atoms with Crippen LogP contribution in [0.15, 0.2) is 36.5 Å². The number of ether oxygens (including phenoxy) is 1. The summed E-state index contributed by atoms with van der Waals surface area (Å²) in [7, 11) is 0. The highest BCUT2D eigenvalue weighted by molar-refractivity contribution is 6.37. The van der Waals surface area contributed by atoms with Crippen LogP contribution in [0.1, 0.15) is 19.0 Å². The Hall–Kier alpha value is -2.90. The van der Waals surface area contributed by atoms with E-state index in [4.69, 9.17) is 27.1 Å². The van der Waals surface area contributed by atoms with Crippen LogP contribution >= 0.6 is 11.6 Å². The van der Waals surface area contributed by atoms with Gasteiger partial charge in [0, 0.05) is 42.5 Å². The number of aromatic nitrogens is 4. The average Bonchev–Trinajstić information content (AvgIpc) is 3.30. The predicted octanol–water partition coefficient (Wildman–Crippen LogP) is 4.05. The SMILES string of the molecule is CCc1[nH]c2nc(Oc3ccc4cccnc4c3)nc(N3CCC(N)C3)c2c1Cl. The van der Waals surface area contributed by atoms with Gasteiger partial charge in [0.05, 0.1) is 15.9 Å². The van der Waals surface area contributed by atoms with Crippen molar-refractivity contribution < 1.29 is 4.74 Å². The molecule has 5 rings (SSSR count). The third-order valence-corrected chi connectivity index (χ3v) is 5.70. The van der Waals surface area contributed by atoms with Gasteiger partial charge in [-0.3, -0.25) is 4.98 Å². The fraction of sp³-hybridized carbons (Fsp3) is 0.286. The lowest BCUT2D eigenvalue weighted by atomic mass is 10.2. The van der Waals surface area contributed by atoms with Crippen LogP contribution in [0.2, 0.25) is 5.02 Å². The van der Waals surface area contributed by atoms with Gasteiger partial charge in [0.15, 0.2) is 0 Å². The summed E-state index contributed by atoms with van der Waals surface area (Å²) in [4.78, 5) is 19.1. The van der Waals surface area contributed by atoms with Gasteiger partial charge in [-0.25, -0.2) is 0 Å². The molecule has 29 heavy (non-hydrogen) atoms. The maximum atomic E-state index is 6.64. The number of hydrogen-bond donors (Lipinski definition) is 2. The van der Waals surface area contributed by atoms with E-state index in [1.807, 2.05) is 30.3 Å². The molecule has 1 fully saturated rings. The van der Waals surface area contributed by atoms with E-state index in [9.17, 15) is 0 Å². The van der Waals surface area contributed by atoms with Crippen LogP contribution in [0.4, 0.5) is 5.82 Å². The van der Waals surface area contributed by atoms with E-state index < -0.39 is 0 Å². The van der Waals surface area contributed by atoms with Gasteiger partial charge in [0.1, 0.15) is 17.2 Å². The monoisotopic (exact) mass is 408 g/mol. The second-order valence-electron chi connectivity index (χ2n) is 7.28. The van der Waals surface area contributed by atoms with Crippen molar-refractivity contribution in [3.63, 3.8) is 0 Å². The Balaban J connectivity index is 1.59.